The fourth-order valence-corrected chi connectivity index (χ4v) is 3.41. The van der Waals surface area contributed by atoms with Gasteiger partial charge in [0.1, 0.15) is 5.82 Å². The number of aryl methyl sites for hydroxylation is 1. The molecule has 1 aromatic carbocycles. The number of amides is 1. The van der Waals surface area contributed by atoms with Gasteiger partial charge in [-0.1, -0.05) is 18.2 Å². The van der Waals surface area contributed by atoms with E-state index in [2.05, 4.69) is 30.5 Å². The molecule has 10 nitrogen and oxygen atoms in total. The normalized spacial score (nSPS) is 12.8. The third-order valence-electron chi connectivity index (χ3n) is 4.31. The summed E-state index contributed by atoms with van der Waals surface area (Å²) in [6, 6.07) is 10.1. The Bertz CT molecular complexity index is 1200. The zero-order valence-electron chi connectivity index (χ0n) is 17.2. The quantitative estimate of drug-likeness (QED) is 0.289. The molecule has 1 atom stereocenters. The molecule has 2 heterocycles. The van der Waals surface area contributed by atoms with Crippen LogP contribution < -0.4 is 16.2 Å². The van der Waals surface area contributed by atoms with Crippen LogP contribution in [0.25, 0.3) is 0 Å². The minimum absolute atomic E-state index is 0.0254. The van der Waals surface area contributed by atoms with Gasteiger partial charge in [-0.2, -0.15) is 0 Å². The van der Waals surface area contributed by atoms with Gasteiger partial charge in [-0.25, -0.2) is 22.8 Å². The van der Waals surface area contributed by atoms with Crippen molar-refractivity contribution in [2.75, 3.05) is 5.32 Å². The molecule has 0 fully saturated rings. The second-order valence-electron chi connectivity index (χ2n) is 6.78. The maximum atomic E-state index is 13.0. The number of sulfonamides is 1. The van der Waals surface area contributed by atoms with Crippen molar-refractivity contribution in [2.45, 2.75) is 25.5 Å². The Kier molecular flexibility index (Phi) is 7.15. The van der Waals surface area contributed by atoms with Gasteiger partial charge in [0.05, 0.1) is 23.9 Å². The summed E-state index contributed by atoms with van der Waals surface area (Å²) in [5.41, 5.74) is 6.22. The Balaban J connectivity index is 1.81. The maximum Gasteiger partial charge on any atom is 0.305 e. The zero-order chi connectivity index (χ0) is 23.1. The van der Waals surface area contributed by atoms with E-state index in [1.54, 1.807) is 18.2 Å². The van der Waals surface area contributed by atoms with Crippen LogP contribution in [0, 0.1) is 12.7 Å². The third-order valence-corrected chi connectivity index (χ3v) is 5.93. The molecule has 0 aliphatic carbocycles. The van der Waals surface area contributed by atoms with Crippen LogP contribution in [-0.4, -0.2) is 35.5 Å². The number of guanidine groups is 1. The fourth-order valence-electron chi connectivity index (χ4n) is 2.53. The number of furan rings is 1. The molecule has 0 radical (unpaired) electrons. The Morgan fingerprint density at radius 2 is 1.88 bits per heavy atom. The van der Waals surface area contributed by atoms with Crippen molar-refractivity contribution < 1.29 is 22.0 Å². The van der Waals surface area contributed by atoms with Gasteiger partial charge in [-0.05, 0) is 37.6 Å². The van der Waals surface area contributed by atoms with E-state index in [0.29, 0.717) is 5.69 Å². The molecule has 0 saturated carbocycles. The van der Waals surface area contributed by atoms with Crippen LogP contribution in [-0.2, 0) is 16.4 Å². The molecule has 12 heteroatoms. The lowest BCUT2D eigenvalue weighted by atomic mass is 10.2. The smallest absolute Gasteiger partial charge is 0.305 e. The van der Waals surface area contributed by atoms with Crippen molar-refractivity contribution in [3.63, 3.8) is 0 Å². The number of carbonyl (C=O) groups excluding carboxylic acids is 1. The Hall–Kier alpha value is -3.80. The lowest BCUT2D eigenvalue weighted by Crippen LogP contribution is -2.45. The maximum absolute atomic E-state index is 13.0. The van der Waals surface area contributed by atoms with Crippen LogP contribution >= 0.6 is 0 Å². The molecule has 168 valence electrons. The number of hydrogen-bond acceptors (Lipinski definition) is 6. The Morgan fingerprint density at radius 3 is 2.53 bits per heavy atom. The number of aromatic nitrogens is 2. The van der Waals surface area contributed by atoms with Gasteiger partial charge in [0.25, 0.3) is 10.0 Å². The van der Waals surface area contributed by atoms with Crippen LogP contribution in [0.2, 0.25) is 0 Å². The van der Waals surface area contributed by atoms with Crippen LogP contribution in [0.3, 0.4) is 0 Å². The largest absolute Gasteiger partial charge is 0.459 e. The van der Waals surface area contributed by atoms with E-state index in [0.717, 1.165) is 18.0 Å². The summed E-state index contributed by atoms with van der Waals surface area (Å²) < 4.78 is 47.5. The molecule has 0 aliphatic rings. The monoisotopic (exact) mass is 460 g/mol. The summed E-state index contributed by atoms with van der Waals surface area (Å²) in [5, 5.41) is 1.84. The van der Waals surface area contributed by atoms with Crippen LogP contribution in [0.5, 0.6) is 0 Å². The zero-order valence-corrected chi connectivity index (χ0v) is 18.1. The molecule has 0 unspecified atom stereocenters. The number of halogens is 1. The molecule has 0 aliphatic heterocycles. The molecule has 3 rings (SSSR count). The van der Waals surface area contributed by atoms with Crippen LogP contribution in [0.1, 0.15) is 28.9 Å². The van der Waals surface area contributed by atoms with Gasteiger partial charge in [0, 0.05) is 12.1 Å². The van der Waals surface area contributed by atoms with Crippen molar-refractivity contribution in [1.29, 1.82) is 0 Å². The lowest BCUT2D eigenvalue weighted by molar-refractivity contribution is 0.0916. The third kappa shape index (κ3) is 6.11. The van der Waals surface area contributed by atoms with E-state index in [9.17, 15) is 17.6 Å². The van der Waals surface area contributed by atoms with Gasteiger partial charge in [-0.15, -0.1) is 4.40 Å². The molecule has 0 saturated heterocycles. The standard InChI is InChI=1S/C20H21FN6O4S/c1-13-6-3-4-7-16(13)24-20(26-25-19(28)17-8-5-9-31-17)27-32(29,30)14(2)10-18-22-11-15(21)12-23-18/h3-9,11-12,14H,10H2,1-2H3,(H,25,28)(H2,24,26,27)/t14-/m1/s1. The number of hydrogen-bond donors (Lipinski definition) is 3. The fraction of sp³-hybridized carbons (Fsp3) is 0.200. The van der Waals surface area contributed by atoms with Crippen molar-refractivity contribution in [3.05, 3.63) is 78.0 Å². The number of rotatable bonds is 6. The second-order valence-corrected chi connectivity index (χ2v) is 8.80. The highest BCUT2D eigenvalue weighted by atomic mass is 32.2. The van der Waals surface area contributed by atoms with Crippen molar-refractivity contribution in [3.8, 4) is 0 Å². The molecule has 0 spiro atoms. The number of nitrogens with zero attached hydrogens (tertiary/aromatic N) is 3. The Labute approximate surface area is 184 Å². The molecule has 0 bridgehead atoms. The summed E-state index contributed by atoms with van der Waals surface area (Å²) in [6.45, 7) is 3.25. The Morgan fingerprint density at radius 1 is 1.16 bits per heavy atom. The van der Waals surface area contributed by atoms with Crippen LogP contribution in [0.4, 0.5) is 10.1 Å². The highest BCUT2D eigenvalue weighted by Gasteiger charge is 2.23. The van der Waals surface area contributed by atoms with Gasteiger partial charge >= 0.3 is 5.91 Å². The first-order valence-electron chi connectivity index (χ1n) is 9.47. The molecular weight excluding hydrogens is 439 g/mol. The number of para-hydroxylation sites is 1. The average Bonchev–Trinajstić information content (AvgIpc) is 3.30. The van der Waals surface area contributed by atoms with E-state index in [1.807, 2.05) is 19.1 Å². The number of carbonyl (C=O) groups is 1. The first-order valence-corrected chi connectivity index (χ1v) is 11.0. The molecule has 3 aromatic rings. The molecule has 2 aromatic heterocycles. The first kappa shape index (κ1) is 22.9. The minimum atomic E-state index is -4.09. The predicted molar refractivity (Wildman–Crippen MR) is 116 cm³/mol. The summed E-state index contributed by atoms with van der Waals surface area (Å²) in [4.78, 5) is 19.7. The van der Waals surface area contributed by atoms with Gasteiger partial charge < -0.3 is 9.73 Å². The molecular formula is C20H21FN6O4S. The number of anilines is 1. The van der Waals surface area contributed by atoms with Crippen LogP contribution in [0.15, 0.2) is 63.9 Å². The summed E-state index contributed by atoms with van der Waals surface area (Å²) >= 11 is 0. The van der Waals surface area contributed by atoms with Crippen molar-refractivity contribution in [2.24, 2.45) is 4.40 Å². The van der Waals surface area contributed by atoms with E-state index in [-0.39, 0.29) is 24.0 Å². The SMILES string of the molecule is Cc1ccccc1NC(=NS(=O)(=O)[C@H](C)Cc1ncc(F)cn1)NNC(=O)c1ccco1. The minimum Gasteiger partial charge on any atom is -0.459 e. The lowest BCUT2D eigenvalue weighted by Gasteiger charge is -2.15. The summed E-state index contributed by atoms with van der Waals surface area (Å²) in [5.74, 6) is -1.29. The van der Waals surface area contributed by atoms with E-state index >= 15 is 0 Å². The predicted octanol–water partition coefficient (Wildman–Crippen LogP) is 2.18. The number of hydrazine groups is 1. The van der Waals surface area contributed by atoms with E-state index in [1.165, 1.54) is 19.3 Å². The summed E-state index contributed by atoms with van der Waals surface area (Å²) in [6.07, 6.45) is 3.17. The average molecular weight is 460 g/mol. The second kappa shape index (κ2) is 10.0. The van der Waals surface area contributed by atoms with Crippen molar-refractivity contribution in [1.82, 2.24) is 20.8 Å². The van der Waals surface area contributed by atoms with Gasteiger partial charge in [-0.3, -0.25) is 15.6 Å². The van der Waals surface area contributed by atoms with Crippen molar-refractivity contribution >= 4 is 27.6 Å². The first-order chi connectivity index (χ1) is 15.2. The molecule has 1 amide bonds. The topological polar surface area (TPSA) is 139 Å². The highest BCUT2D eigenvalue weighted by Crippen LogP contribution is 2.14. The van der Waals surface area contributed by atoms with Gasteiger partial charge in [0.2, 0.25) is 5.96 Å². The number of nitrogens with one attached hydrogen (secondary N) is 3. The highest BCUT2D eigenvalue weighted by molar-refractivity contribution is 7.90. The summed E-state index contributed by atoms with van der Waals surface area (Å²) in [7, 11) is -4.09. The molecule has 32 heavy (non-hydrogen) atoms. The van der Waals surface area contributed by atoms with Gasteiger partial charge in [0.15, 0.2) is 11.6 Å². The molecule has 3 N–H and O–H groups in total. The number of benzene rings is 1. The van der Waals surface area contributed by atoms with E-state index < -0.39 is 27.0 Å². The van der Waals surface area contributed by atoms with E-state index in [4.69, 9.17) is 4.42 Å².